The SMILES string of the molecule is Cc1oc(C(=O)O)cc1NC(=O)c1ccc(-c2ccccc2)cc1. The number of benzene rings is 2. The molecule has 0 unspecified atom stereocenters. The van der Waals surface area contributed by atoms with Crippen LogP contribution in [0.1, 0.15) is 26.7 Å². The molecule has 2 N–H and O–H groups in total. The second kappa shape index (κ2) is 6.42. The minimum absolute atomic E-state index is 0.206. The van der Waals surface area contributed by atoms with Crippen molar-refractivity contribution in [3.63, 3.8) is 0 Å². The molecular formula is C19H15NO4. The van der Waals surface area contributed by atoms with Crippen LogP contribution < -0.4 is 5.32 Å². The van der Waals surface area contributed by atoms with Crippen LogP contribution in [0.4, 0.5) is 5.69 Å². The largest absolute Gasteiger partial charge is 0.475 e. The fourth-order valence-electron chi connectivity index (χ4n) is 2.35. The summed E-state index contributed by atoms with van der Waals surface area (Å²) in [4.78, 5) is 23.2. The quantitative estimate of drug-likeness (QED) is 0.754. The molecule has 1 heterocycles. The lowest BCUT2D eigenvalue weighted by Crippen LogP contribution is -2.11. The monoisotopic (exact) mass is 321 g/mol. The molecule has 0 saturated heterocycles. The number of carbonyl (C=O) groups is 2. The van der Waals surface area contributed by atoms with Gasteiger partial charge in [0.05, 0.1) is 5.69 Å². The smallest absolute Gasteiger partial charge is 0.371 e. The lowest BCUT2D eigenvalue weighted by molar-refractivity contribution is 0.0660. The van der Waals surface area contributed by atoms with E-state index in [0.29, 0.717) is 17.0 Å². The lowest BCUT2D eigenvalue weighted by Gasteiger charge is -2.05. The Balaban J connectivity index is 1.77. The molecule has 0 radical (unpaired) electrons. The van der Waals surface area contributed by atoms with Crippen LogP contribution in [0.15, 0.2) is 65.1 Å². The van der Waals surface area contributed by atoms with E-state index in [1.54, 1.807) is 19.1 Å². The van der Waals surface area contributed by atoms with Crippen molar-refractivity contribution >= 4 is 17.6 Å². The molecule has 2 aromatic carbocycles. The third-order valence-corrected chi connectivity index (χ3v) is 3.63. The number of anilines is 1. The van der Waals surface area contributed by atoms with Gasteiger partial charge < -0.3 is 14.8 Å². The number of hydrogen-bond donors (Lipinski definition) is 2. The fraction of sp³-hybridized carbons (Fsp3) is 0.0526. The van der Waals surface area contributed by atoms with Crippen molar-refractivity contribution in [2.24, 2.45) is 0 Å². The van der Waals surface area contributed by atoms with E-state index in [1.807, 2.05) is 42.5 Å². The predicted molar refractivity (Wildman–Crippen MR) is 90.2 cm³/mol. The molecule has 0 saturated carbocycles. The molecule has 3 rings (SSSR count). The van der Waals surface area contributed by atoms with Gasteiger partial charge in [-0.2, -0.15) is 0 Å². The zero-order valence-corrected chi connectivity index (χ0v) is 12.9. The zero-order valence-electron chi connectivity index (χ0n) is 12.9. The number of hydrogen-bond acceptors (Lipinski definition) is 3. The van der Waals surface area contributed by atoms with E-state index >= 15 is 0 Å². The van der Waals surface area contributed by atoms with Crippen LogP contribution in [0.5, 0.6) is 0 Å². The van der Waals surface area contributed by atoms with Gasteiger partial charge in [0.1, 0.15) is 5.76 Å². The Bertz CT molecular complexity index is 879. The first-order valence-corrected chi connectivity index (χ1v) is 7.35. The summed E-state index contributed by atoms with van der Waals surface area (Å²) in [6, 6.07) is 18.3. The Morgan fingerprint density at radius 3 is 2.17 bits per heavy atom. The van der Waals surface area contributed by atoms with Gasteiger partial charge in [0.25, 0.3) is 5.91 Å². The van der Waals surface area contributed by atoms with Gasteiger partial charge in [-0.05, 0) is 30.2 Å². The Labute approximate surface area is 138 Å². The molecule has 5 nitrogen and oxygen atoms in total. The van der Waals surface area contributed by atoms with Crippen molar-refractivity contribution in [1.82, 2.24) is 0 Å². The number of carboxylic acids is 1. The number of amides is 1. The summed E-state index contributed by atoms with van der Waals surface area (Å²) in [5.74, 6) is -1.36. The van der Waals surface area contributed by atoms with E-state index < -0.39 is 5.97 Å². The summed E-state index contributed by atoms with van der Waals surface area (Å²) in [5, 5.41) is 11.6. The Hall–Kier alpha value is -3.34. The first-order valence-electron chi connectivity index (χ1n) is 7.35. The van der Waals surface area contributed by atoms with Gasteiger partial charge in [-0.1, -0.05) is 42.5 Å². The number of rotatable bonds is 4. The van der Waals surface area contributed by atoms with Gasteiger partial charge in [-0.15, -0.1) is 0 Å². The van der Waals surface area contributed by atoms with E-state index in [1.165, 1.54) is 6.07 Å². The van der Waals surface area contributed by atoms with Gasteiger partial charge in [-0.3, -0.25) is 4.79 Å². The number of furan rings is 1. The van der Waals surface area contributed by atoms with E-state index in [9.17, 15) is 9.59 Å². The normalized spacial score (nSPS) is 10.4. The molecule has 1 amide bonds. The van der Waals surface area contributed by atoms with Gasteiger partial charge in [0, 0.05) is 11.6 Å². The topological polar surface area (TPSA) is 79.5 Å². The van der Waals surface area contributed by atoms with Crippen molar-refractivity contribution in [1.29, 1.82) is 0 Å². The highest BCUT2D eigenvalue weighted by atomic mass is 16.4. The number of aryl methyl sites for hydroxylation is 1. The summed E-state index contributed by atoms with van der Waals surface area (Å²) < 4.78 is 5.08. The average Bonchev–Trinajstić information content (AvgIpc) is 2.97. The van der Waals surface area contributed by atoms with E-state index in [0.717, 1.165) is 11.1 Å². The second-order valence-corrected chi connectivity index (χ2v) is 5.28. The third kappa shape index (κ3) is 3.20. The molecule has 0 spiro atoms. The number of nitrogens with one attached hydrogen (secondary N) is 1. The molecule has 3 aromatic rings. The van der Waals surface area contributed by atoms with Crippen molar-refractivity contribution in [3.05, 3.63) is 77.7 Å². The Morgan fingerprint density at radius 1 is 0.958 bits per heavy atom. The van der Waals surface area contributed by atoms with E-state index in [2.05, 4.69) is 5.32 Å². The van der Waals surface area contributed by atoms with E-state index in [-0.39, 0.29) is 11.7 Å². The van der Waals surface area contributed by atoms with E-state index in [4.69, 9.17) is 9.52 Å². The highest BCUT2D eigenvalue weighted by molar-refractivity contribution is 6.05. The Morgan fingerprint density at radius 2 is 1.58 bits per heavy atom. The minimum atomic E-state index is -1.18. The van der Waals surface area contributed by atoms with Crippen LogP contribution in [-0.4, -0.2) is 17.0 Å². The molecule has 1 aromatic heterocycles. The molecule has 0 fully saturated rings. The van der Waals surface area contributed by atoms with Crippen LogP contribution in [0.3, 0.4) is 0 Å². The fourth-order valence-corrected chi connectivity index (χ4v) is 2.35. The second-order valence-electron chi connectivity index (χ2n) is 5.28. The summed E-state index contributed by atoms with van der Waals surface area (Å²) >= 11 is 0. The van der Waals surface area contributed by atoms with Crippen LogP contribution in [0, 0.1) is 6.92 Å². The molecule has 0 aliphatic rings. The molecule has 120 valence electrons. The zero-order chi connectivity index (χ0) is 17.1. The van der Waals surface area contributed by atoms with Crippen molar-refractivity contribution < 1.29 is 19.1 Å². The molecule has 0 bridgehead atoms. The number of carboxylic acid groups (broad SMARTS) is 1. The molecule has 0 aliphatic carbocycles. The highest BCUT2D eigenvalue weighted by Gasteiger charge is 2.15. The summed E-state index contributed by atoms with van der Waals surface area (Å²) in [7, 11) is 0. The maximum Gasteiger partial charge on any atom is 0.371 e. The molecule has 24 heavy (non-hydrogen) atoms. The first-order chi connectivity index (χ1) is 11.5. The van der Waals surface area contributed by atoms with Gasteiger partial charge in [-0.25, -0.2) is 4.79 Å². The maximum atomic E-state index is 12.3. The first kappa shape index (κ1) is 15.6. The minimum Gasteiger partial charge on any atom is -0.475 e. The summed E-state index contributed by atoms with van der Waals surface area (Å²) in [6.45, 7) is 1.60. The lowest BCUT2D eigenvalue weighted by atomic mass is 10.0. The van der Waals surface area contributed by atoms with Crippen molar-refractivity contribution in [2.45, 2.75) is 6.92 Å². The standard InChI is InChI=1S/C19H15NO4/c1-12-16(11-17(24-12)19(22)23)20-18(21)15-9-7-14(8-10-15)13-5-3-2-4-6-13/h2-11H,1H3,(H,20,21)(H,22,23). The molecule has 0 aliphatic heterocycles. The Kier molecular flexibility index (Phi) is 4.16. The summed E-state index contributed by atoms with van der Waals surface area (Å²) in [5.41, 5.74) is 2.91. The van der Waals surface area contributed by atoms with Crippen LogP contribution in [-0.2, 0) is 0 Å². The highest BCUT2D eigenvalue weighted by Crippen LogP contribution is 2.22. The van der Waals surface area contributed by atoms with Gasteiger partial charge in [0.2, 0.25) is 5.76 Å². The van der Waals surface area contributed by atoms with Gasteiger partial charge >= 0.3 is 5.97 Å². The summed E-state index contributed by atoms with van der Waals surface area (Å²) in [6.07, 6.45) is 0. The maximum absolute atomic E-state index is 12.3. The van der Waals surface area contributed by atoms with Gasteiger partial charge in [0.15, 0.2) is 0 Å². The van der Waals surface area contributed by atoms with Crippen molar-refractivity contribution in [3.8, 4) is 11.1 Å². The number of aromatic carboxylic acids is 1. The predicted octanol–water partition coefficient (Wildman–Crippen LogP) is 4.21. The molecule has 0 atom stereocenters. The average molecular weight is 321 g/mol. The van der Waals surface area contributed by atoms with Crippen molar-refractivity contribution in [2.75, 3.05) is 5.32 Å². The number of carbonyl (C=O) groups excluding carboxylic acids is 1. The molecular weight excluding hydrogens is 306 g/mol. The van der Waals surface area contributed by atoms with Crippen LogP contribution in [0.25, 0.3) is 11.1 Å². The third-order valence-electron chi connectivity index (χ3n) is 3.63. The van der Waals surface area contributed by atoms with Crippen LogP contribution >= 0.6 is 0 Å². The van der Waals surface area contributed by atoms with Crippen LogP contribution in [0.2, 0.25) is 0 Å². The molecule has 5 heteroatoms.